The first-order valence-corrected chi connectivity index (χ1v) is 7.55. The van der Waals surface area contributed by atoms with E-state index in [9.17, 15) is 9.59 Å². The van der Waals surface area contributed by atoms with Gasteiger partial charge in [0.25, 0.3) is 5.91 Å². The number of esters is 1. The van der Waals surface area contributed by atoms with Crippen molar-refractivity contribution in [2.24, 2.45) is 5.92 Å². The summed E-state index contributed by atoms with van der Waals surface area (Å²) in [7, 11) is 0. The monoisotopic (exact) mass is 330 g/mol. The summed E-state index contributed by atoms with van der Waals surface area (Å²) in [5.41, 5.74) is 0.402. The molecule has 7 heteroatoms. The number of carbonyl (C=O) groups is 2. The summed E-state index contributed by atoms with van der Waals surface area (Å²) in [6, 6.07) is 1.51. The molecule has 0 N–H and O–H groups in total. The lowest BCUT2D eigenvalue weighted by molar-refractivity contribution is -0.149. The van der Waals surface area contributed by atoms with Gasteiger partial charge in [0.2, 0.25) is 0 Å². The van der Waals surface area contributed by atoms with Crippen molar-refractivity contribution in [2.45, 2.75) is 19.8 Å². The van der Waals surface area contributed by atoms with Gasteiger partial charge in [0.05, 0.1) is 23.1 Å². The molecule has 0 atom stereocenters. The maximum Gasteiger partial charge on any atom is 0.309 e. The zero-order valence-corrected chi connectivity index (χ0v) is 13.2. The van der Waals surface area contributed by atoms with E-state index in [4.69, 9.17) is 27.9 Å². The van der Waals surface area contributed by atoms with Gasteiger partial charge >= 0.3 is 5.97 Å². The maximum atomic E-state index is 12.3. The average molecular weight is 331 g/mol. The second-order valence-electron chi connectivity index (χ2n) is 4.82. The minimum Gasteiger partial charge on any atom is -0.466 e. The van der Waals surface area contributed by atoms with Crippen LogP contribution in [-0.4, -0.2) is 41.5 Å². The van der Waals surface area contributed by atoms with E-state index in [0.29, 0.717) is 38.1 Å². The summed E-state index contributed by atoms with van der Waals surface area (Å²) in [5.74, 6) is -0.454. The van der Waals surface area contributed by atoms with Gasteiger partial charge in [-0.2, -0.15) is 0 Å². The van der Waals surface area contributed by atoms with Crippen LogP contribution in [0.15, 0.2) is 12.3 Å². The molecular weight excluding hydrogens is 315 g/mol. The zero-order valence-electron chi connectivity index (χ0n) is 11.6. The SMILES string of the molecule is CCOC(=O)C1CCN(C(=O)c2cnc(Cl)c(Cl)c2)CC1. The molecule has 0 aromatic carbocycles. The van der Waals surface area contributed by atoms with Gasteiger partial charge in [0, 0.05) is 19.3 Å². The first-order chi connectivity index (χ1) is 10.0. The van der Waals surface area contributed by atoms with Crippen LogP contribution in [-0.2, 0) is 9.53 Å². The molecule has 0 bridgehead atoms. The number of likely N-dealkylation sites (tertiary alicyclic amines) is 1. The summed E-state index contributed by atoms with van der Waals surface area (Å²) in [4.78, 5) is 29.6. The zero-order chi connectivity index (χ0) is 15.4. The topological polar surface area (TPSA) is 59.5 Å². The van der Waals surface area contributed by atoms with Crippen LogP contribution in [0.1, 0.15) is 30.1 Å². The largest absolute Gasteiger partial charge is 0.466 e. The molecular formula is C14H16Cl2N2O3. The fourth-order valence-electron chi connectivity index (χ4n) is 2.30. The number of aromatic nitrogens is 1. The van der Waals surface area contributed by atoms with E-state index in [0.717, 1.165) is 0 Å². The number of pyridine rings is 1. The third-order valence-electron chi connectivity index (χ3n) is 3.45. The van der Waals surface area contributed by atoms with Crippen LogP contribution < -0.4 is 0 Å². The predicted octanol–water partition coefficient (Wildman–Crippen LogP) is 2.80. The van der Waals surface area contributed by atoms with Crippen molar-refractivity contribution in [3.8, 4) is 0 Å². The van der Waals surface area contributed by atoms with Gasteiger partial charge in [0.1, 0.15) is 5.15 Å². The molecule has 1 saturated heterocycles. The Kier molecular flexibility index (Phi) is 5.42. The number of rotatable bonds is 3. The van der Waals surface area contributed by atoms with Crippen LogP contribution in [0.5, 0.6) is 0 Å². The summed E-state index contributed by atoms with van der Waals surface area (Å²) in [5, 5.41) is 0.429. The smallest absolute Gasteiger partial charge is 0.309 e. The Morgan fingerprint density at radius 2 is 2.05 bits per heavy atom. The standard InChI is InChI=1S/C14H16Cl2N2O3/c1-2-21-14(20)9-3-5-18(6-4-9)13(19)10-7-11(15)12(16)17-8-10/h7-9H,2-6H2,1H3. The number of hydrogen-bond acceptors (Lipinski definition) is 4. The van der Waals surface area contributed by atoms with Crippen molar-refractivity contribution >= 4 is 35.1 Å². The molecule has 5 nitrogen and oxygen atoms in total. The van der Waals surface area contributed by atoms with E-state index in [-0.39, 0.29) is 28.0 Å². The van der Waals surface area contributed by atoms with Gasteiger partial charge in [-0.3, -0.25) is 9.59 Å². The van der Waals surface area contributed by atoms with Gasteiger partial charge in [-0.25, -0.2) is 4.98 Å². The van der Waals surface area contributed by atoms with Crippen LogP contribution in [0, 0.1) is 5.92 Å². The number of nitrogens with zero attached hydrogens (tertiary/aromatic N) is 2. The third kappa shape index (κ3) is 3.86. The lowest BCUT2D eigenvalue weighted by Crippen LogP contribution is -2.40. The molecule has 1 aromatic heterocycles. The molecule has 0 spiro atoms. The molecule has 0 aliphatic carbocycles. The van der Waals surface area contributed by atoms with Crippen LogP contribution in [0.4, 0.5) is 0 Å². The Balaban J connectivity index is 1.97. The van der Waals surface area contributed by atoms with Crippen molar-refractivity contribution in [2.75, 3.05) is 19.7 Å². The number of hydrogen-bond donors (Lipinski definition) is 0. The highest BCUT2D eigenvalue weighted by Crippen LogP contribution is 2.23. The Labute approximate surface area is 133 Å². The maximum absolute atomic E-state index is 12.3. The molecule has 0 unspecified atom stereocenters. The minimum atomic E-state index is -0.180. The van der Waals surface area contributed by atoms with E-state index in [1.165, 1.54) is 12.3 Å². The molecule has 1 aliphatic heterocycles. The third-order valence-corrected chi connectivity index (χ3v) is 4.13. The molecule has 0 saturated carbocycles. The number of halogens is 2. The quantitative estimate of drug-likeness (QED) is 0.631. The van der Waals surface area contributed by atoms with Crippen LogP contribution in [0.2, 0.25) is 10.2 Å². The van der Waals surface area contributed by atoms with Crippen LogP contribution >= 0.6 is 23.2 Å². The first kappa shape index (κ1) is 16.0. The van der Waals surface area contributed by atoms with Crippen molar-refractivity contribution < 1.29 is 14.3 Å². The number of amides is 1. The summed E-state index contributed by atoms with van der Waals surface area (Å²) in [6.07, 6.45) is 2.63. The van der Waals surface area contributed by atoms with Gasteiger partial charge in [-0.05, 0) is 25.8 Å². The normalized spacial score (nSPS) is 15.9. The molecule has 1 aliphatic rings. The van der Waals surface area contributed by atoms with E-state index in [1.807, 2.05) is 0 Å². The van der Waals surface area contributed by atoms with E-state index >= 15 is 0 Å². The molecule has 0 radical (unpaired) electrons. The second-order valence-corrected chi connectivity index (χ2v) is 5.58. The fourth-order valence-corrected chi connectivity index (χ4v) is 2.57. The van der Waals surface area contributed by atoms with E-state index in [1.54, 1.807) is 11.8 Å². The van der Waals surface area contributed by atoms with Gasteiger partial charge in [-0.15, -0.1) is 0 Å². The van der Waals surface area contributed by atoms with Crippen molar-refractivity contribution in [3.63, 3.8) is 0 Å². The Morgan fingerprint density at radius 1 is 1.38 bits per heavy atom. The Bertz CT molecular complexity index is 543. The second kappa shape index (κ2) is 7.09. The molecule has 21 heavy (non-hydrogen) atoms. The van der Waals surface area contributed by atoms with Crippen molar-refractivity contribution in [1.29, 1.82) is 0 Å². The lowest BCUT2D eigenvalue weighted by atomic mass is 9.96. The summed E-state index contributed by atoms with van der Waals surface area (Å²) in [6.45, 7) is 3.20. The highest BCUT2D eigenvalue weighted by molar-refractivity contribution is 6.41. The predicted molar refractivity (Wildman–Crippen MR) is 79.5 cm³/mol. The van der Waals surface area contributed by atoms with Gasteiger partial charge < -0.3 is 9.64 Å². The van der Waals surface area contributed by atoms with Crippen molar-refractivity contribution in [3.05, 3.63) is 28.0 Å². The number of ether oxygens (including phenoxy) is 1. The number of carbonyl (C=O) groups excluding carboxylic acids is 2. The van der Waals surface area contributed by atoms with Crippen LogP contribution in [0.3, 0.4) is 0 Å². The van der Waals surface area contributed by atoms with Gasteiger partial charge in [0.15, 0.2) is 0 Å². The summed E-state index contributed by atoms with van der Waals surface area (Å²) >= 11 is 11.6. The highest BCUT2D eigenvalue weighted by Gasteiger charge is 2.28. The molecule has 1 fully saturated rings. The molecule has 1 aromatic rings. The molecule has 114 valence electrons. The average Bonchev–Trinajstić information content (AvgIpc) is 2.50. The van der Waals surface area contributed by atoms with Gasteiger partial charge in [-0.1, -0.05) is 23.2 Å². The van der Waals surface area contributed by atoms with E-state index < -0.39 is 0 Å². The molecule has 2 heterocycles. The summed E-state index contributed by atoms with van der Waals surface area (Å²) < 4.78 is 5.01. The Hall–Kier alpha value is -1.33. The fraction of sp³-hybridized carbons (Fsp3) is 0.500. The lowest BCUT2D eigenvalue weighted by Gasteiger charge is -2.30. The Morgan fingerprint density at radius 3 is 2.62 bits per heavy atom. The first-order valence-electron chi connectivity index (χ1n) is 6.80. The molecule has 1 amide bonds. The van der Waals surface area contributed by atoms with E-state index in [2.05, 4.69) is 4.98 Å². The highest BCUT2D eigenvalue weighted by atomic mass is 35.5. The molecule has 2 rings (SSSR count). The minimum absolute atomic E-state index is 0.124. The van der Waals surface area contributed by atoms with Crippen molar-refractivity contribution in [1.82, 2.24) is 9.88 Å². The van der Waals surface area contributed by atoms with Crippen LogP contribution in [0.25, 0.3) is 0 Å². The number of piperidine rings is 1.